The third-order valence-electron chi connectivity index (χ3n) is 4.89. The van der Waals surface area contributed by atoms with Gasteiger partial charge in [0.25, 0.3) is 0 Å². The number of amides is 1. The van der Waals surface area contributed by atoms with Crippen LogP contribution >= 0.6 is 34.7 Å². The van der Waals surface area contributed by atoms with Gasteiger partial charge in [-0.05, 0) is 35.9 Å². The number of benzene rings is 2. The van der Waals surface area contributed by atoms with Crippen molar-refractivity contribution >= 4 is 51.4 Å². The Morgan fingerprint density at radius 3 is 2.65 bits per heavy atom. The highest BCUT2D eigenvalue weighted by atomic mass is 35.5. The summed E-state index contributed by atoms with van der Waals surface area (Å²) in [5, 5.41) is 12.8. The Morgan fingerprint density at radius 1 is 1.13 bits per heavy atom. The van der Waals surface area contributed by atoms with Crippen LogP contribution in [0, 0.1) is 5.82 Å². The van der Waals surface area contributed by atoms with Gasteiger partial charge in [-0.2, -0.15) is 0 Å². The van der Waals surface area contributed by atoms with Gasteiger partial charge in [0.15, 0.2) is 4.34 Å². The van der Waals surface area contributed by atoms with Crippen molar-refractivity contribution in [2.45, 2.75) is 10.9 Å². The number of carbonyl (C=O) groups is 1. The molecule has 0 unspecified atom stereocenters. The normalized spacial score (nSPS) is 14.0. The predicted molar refractivity (Wildman–Crippen MR) is 125 cm³/mol. The number of nitrogens with one attached hydrogen (secondary N) is 1. The Labute approximate surface area is 193 Å². The van der Waals surface area contributed by atoms with Gasteiger partial charge in [-0.15, -0.1) is 10.2 Å². The first-order valence-electron chi connectivity index (χ1n) is 9.80. The highest BCUT2D eigenvalue weighted by molar-refractivity contribution is 8.01. The smallest absolute Gasteiger partial charge is 0.233 e. The van der Waals surface area contributed by atoms with Crippen molar-refractivity contribution in [2.75, 3.05) is 42.1 Å². The Balaban J connectivity index is 1.21. The van der Waals surface area contributed by atoms with E-state index in [1.165, 1.54) is 35.2 Å². The number of anilines is 2. The second-order valence-corrected chi connectivity index (χ2v) is 9.63. The van der Waals surface area contributed by atoms with Gasteiger partial charge in [-0.25, -0.2) is 4.39 Å². The van der Waals surface area contributed by atoms with Crippen molar-refractivity contribution in [1.82, 2.24) is 15.1 Å². The third-order valence-corrected chi connectivity index (χ3v) is 7.12. The maximum absolute atomic E-state index is 13.0. The number of piperazine rings is 1. The van der Waals surface area contributed by atoms with E-state index in [4.69, 9.17) is 11.6 Å². The second-order valence-electron chi connectivity index (χ2n) is 6.99. The fourth-order valence-corrected chi connectivity index (χ4v) is 5.06. The highest BCUT2D eigenvalue weighted by Gasteiger charge is 2.22. The summed E-state index contributed by atoms with van der Waals surface area (Å²) in [6, 6.07) is 14.1. The molecule has 0 bridgehead atoms. The first-order valence-corrected chi connectivity index (χ1v) is 12.0. The molecule has 1 N–H and O–H groups in total. The molecule has 0 spiro atoms. The zero-order valence-electron chi connectivity index (χ0n) is 16.6. The Bertz CT molecular complexity index is 1020. The van der Waals surface area contributed by atoms with Gasteiger partial charge in [0.1, 0.15) is 5.82 Å². The average Bonchev–Trinajstić information content (AvgIpc) is 3.25. The molecule has 1 aliphatic rings. The number of nitrogens with zero attached hydrogens (tertiary/aromatic N) is 4. The molecule has 0 atom stereocenters. The summed E-state index contributed by atoms with van der Waals surface area (Å²) in [7, 11) is 0. The van der Waals surface area contributed by atoms with Gasteiger partial charge < -0.3 is 15.1 Å². The molecule has 0 aliphatic carbocycles. The van der Waals surface area contributed by atoms with E-state index in [1.807, 2.05) is 29.2 Å². The minimum Gasteiger partial charge on any atom is -0.368 e. The summed E-state index contributed by atoms with van der Waals surface area (Å²) < 4.78 is 13.7. The van der Waals surface area contributed by atoms with Crippen molar-refractivity contribution in [2.24, 2.45) is 0 Å². The molecule has 3 aromatic rings. The Hall–Kier alpha value is -2.36. The van der Waals surface area contributed by atoms with Crippen LogP contribution in [-0.2, 0) is 11.3 Å². The number of aromatic nitrogens is 2. The SMILES string of the molecule is O=C(CSc1nnc(NCc2ccc(F)cc2)s1)N1CCN(c2cccc(Cl)c2)CC1. The molecule has 2 aromatic carbocycles. The number of carbonyl (C=O) groups excluding carboxylic acids is 1. The lowest BCUT2D eigenvalue weighted by Crippen LogP contribution is -2.49. The molecule has 31 heavy (non-hydrogen) atoms. The lowest BCUT2D eigenvalue weighted by molar-refractivity contribution is -0.128. The maximum atomic E-state index is 13.0. The molecule has 1 aliphatic heterocycles. The van der Waals surface area contributed by atoms with E-state index in [2.05, 4.69) is 20.4 Å². The number of hydrogen-bond donors (Lipinski definition) is 1. The van der Waals surface area contributed by atoms with Crippen LogP contribution in [-0.4, -0.2) is 52.9 Å². The number of rotatable bonds is 7. The van der Waals surface area contributed by atoms with Gasteiger partial charge in [-0.3, -0.25) is 4.79 Å². The fraction of sp³-hybridized carbons (Fsp3) is 0.286. The van der Waals surface area contributed by atoms with Gasteiger partial charge in [0, 0.05) is 43.4 Å². The summed E-state index contributed by atoms with van der Waals surface area (Å²) in [5.74, 6) is 0.185. The van der Waals surface area contributed by atoms with Gasteiger partial charge in [0.2, 0.25) is 11.0 Å². The van der Waals surface area contributed by atoms with Crippen LogP contribution < -0.4 is 10.2 Å². The molecule has 4 rings (SSSR count). The maximum Gasteiger partial charge on any atom is 0.233 e. The van der Waals surface area contributed by atoms with E-state index in [9.17, 15) is 9.18 Å². The summed E-state index contributed by atoms with van der Waals surface area (Å²) >= 11 is 8.88. The van der Waals surface area contributed by atoms with Crippen LogP contribution in [0.3, 0.4) is 0 Å². The fourth-order valence-electron chi connectivity index (χ4n) is 3.22. The summed E-state index contributed by atoms with van der Waals surface area (Å²) in [4.78, 5) is 16.7. The lowest BCUT2D eigenvalue weighted by Gasteiger charge is -2.36. The van der Waals surface area contributed by atoms with Crippen LogP contribution in [0.4, 0.5) is 15.2 Å². The van der Waals surface area contributed by atoms with Crippen LogP contribution in [0.2, 0.25) is 5.02 Å². The molecule has 10 heteroatoms. The lowest BCUT2D eigenvalue weighted by atomic mass is 10.2. The van der Waals surface area contributed by atoms with Crippen LogP contribution in [0.25, 0.3) is 0 Å². The topological polar surface area (TPSA) is 61.4 Å². The Morgan fingerprint density at radius 2 is 1.90 bits per heavy atom. The minimum absolute atomic E-state index is 0.103. The van der Waals surface area contributed by atoms with E-state index in [0.29, 0.717) is 30.5 Å². The monoisotopic (exact) mass is 477 g/mol. The number of thioether (sulfide) groups is 1. The van der Waals surface area contributed by atoms with E-state index in [-0.39, 0.29) is 11.7 Å². The van der Waals surface area contributed by atoms with E-state index < -0.39 is 0 Å². The summed E-state index contributed by atoms with van der Waals surface area (Å²) in [6.45, 7) is 3.48. The van der Waals surface area contributed by atoms with E-state index >= 15 is 0 Å². The van der Waals surface area contributed by atoms with Crippen LogP contribution in [0.1, 0.15) is 5.56 Å². The molecule has 1 aromatic heterocycles. The van der Waals surface area contributed by atoms with Crippen LogP contribution in [0.15, 0.2) is 52.9 Å². The summed E-state index contributed by atoms with van der Waals surface area (Å²) in [5.41, 5.74) is 2.04. The zero-order valence-corrected chi connectivity index (χ0v) is 19.0. The van der Waals surface area contributed by atoms with Crippen molar-refractivity contribution < 1.29 is 9.18 Å². The third kappa shape index (κ3) is 6.09. The first kappa shape index (κ1) is 21.9. The molecule has 2 heterocycles. The molecule has 0 radical (unpaired) electrons. The molecular weight excluding hydrogens is 457 g/mol. The molecule has 1 fully saturated rings. The molecule has 6 nitrogen and oxygen atoms in total. The average molecular weight is 478 g/mol. The Kier molecular flexibility index (Phi) is 7.26. The van der Waals surface area contributed by atoms with Gasteiger partial charge in [0.05, 0.1) is 5.75 Å². The largest absolute Gasteiger partial charge is 0.368 e. The quantitative estimate of drug-likeness (QED) is 0.509. The van der Waals surface area contributed by atoms with Crippen LogP contribution in [0.5, 0.6) is 0 Å². The molecule has 0 saturated carbocycles. The van der Waals surface area contributed by atoms with Gasteiger partial charge in [-0.1, -0.05) is 52.9 Å². The molecule has 1 saturated heterocycles. The number of halogens is 2. The summed E-state index contributed by atoms with van der Waals surface area (Å²) in [6.07, 6.45) is 0. The zero-order chi connectivity index (χ0) is 21.6. The number of hydrogen-bond acceptors (Lipinski definition) is 7. The second kappa shape index (κ2) is 10.3. The first-order chi connectivity index (χ1) is 15.1. The van der Waals surface area contributed by atoms with Crippen molar-refractivity contribution in [3.63, 3.8) is 0 Å². The highest BCUT2D eigenvalue weighted by Crippen LogP contribution is 2.26. The van der Waals surface area contributed by atoms with Crippen molar-refractivity contribution in [1.29, 1.82) is 0 Å². The molecular formula is C21H21ClFN5OS2. The minimum atomic E-state index is -0.256. The van der Waals surface area contributed by atoms with Crippen molar-refractivity contribution in [3.05, 3.63) is 64.9 Å². The van der Waals surface area contributed by atoms with Gasteiger partial charge >= 0.3 is 0 Å². The predicted octanol–water partition coefficient (Wildman–Crippen LogP) is 4.38. The standard InChI is InChI=1S/C21H21ClFN5OS2/c22-16-2-1-3-18(12-16)27-8-10-28(11-9-27)19(29)14-30-21-26-25-20(31-21)24-13-15-4-6-17(23)7-5-15/h1-7,12H,8-11,13-14H2,(H,24,25). The molecule has 162 valence electrons. The van der Waals surface area contributed by atoms with E-state index in [0.717, 1.165) is 33.7 Å². The van der Waals surface area contributed by atoms with E-state index in [1.54, 1.807) is 12.1 Å². The van der Waals surface area contributed by atoms with Crippen molar-refractivity contribution in [3.8, 4) is 0 Å². The molecule has 1 amide bonds.